The van der Waals surface area contributed by atoms with Gasteiger partial charge < -0.3 is 10.4 Å². The van der Waals surface area contributed by atoms with Crippen LogP contribution in [0.1, 0.15) is 6.92 Å². The average Bonchev–Trinajstić information content (AvgIpc) is 2.77. The highest BCUT2D eigenvalue weighted by atomic mass is 35.5. The van der Waals surface area contributed by atoms with Gasteiger partial charge in [-0.15, -0.1) is 0 Å². The van der Waals surface area contributed by atoms with Crippen LogP contribution in [0.4, 0.5) is 5.69 Å². The summed E-state index contributed by atoms with van der Waals surface area (Å²) in [7, 11) is 0. The number of fused-ring (bicyclic) bond motifs is 1. The lowest BCUT2D eigenvalue weighted by molar-refractivity contribution is -0.140. The molecule has 96 valence electrons. The maximum atomic E-state index is 10.8. The van der Waals surface area contributed by atoms with Gasteiger partial charge in [-0.25, -0.2) is 0 Å². The zero-order chi connectivity index (χ0) is 13.3. The predicted molar refractivity (Wildman–Crippen MR) is 72.7 cm³/mol. The van der Waals surface area contributed by atoms with Crippen LogP contribution in [0.2, 0.25) is 10.0 Å². The zero-order valence-corrected chi connectivity index (χ0v) is 11.6. The number of nitrogens with zero attached hydrogens (tertiary/aromatic N) is 2. The van der Waals surface area contributed by atoms with E-state index in [9.17, 15) is 4.79 Å². The van der Waals surface area contributed by atoms with Crippen molar-refractivity contribution in [1.29, 1.82) is 0 Å². The van der Waals surface area contributed by atoms with Crippen molar-refractivity contribution in [2.75, 3.05) is 11.9 Å². The maximum absolute atomic E-state index is 10.8. The van der Waals surface area contributed by atoms with Crippen LogP contribution in [0.3, 0.4) is 0 Å². The molecule has 0 fully saturated rings. The number of halogens is 2. The average molecular weight is 306 g/mol. The molecular weight excluding hydrogens is 297 g/mol. The summed E-state index contributed by atoms with van der Waals surface area (Å²) in [5.74, 6) is -1.40. The van der Waals surface area contributed by atoms with Crippen molar-refractivity contribution in [2.45, 2.75) is 6.92 Å². The van der Waals surface area contributed by atoms with Gasteiger partial charge in [0.05, 0.1) is 33.4 Å². The van der Waals surface area contributed by atoms with E-state index in [-0.39, 0.29) is 6.54 Å². The number of carbonyl (C=O) groups is 1. The molecule has 0 aliphatic carbocycles. The van der Waals surface area contributed by atoms with Gasteiger partial charge in [-0.1, -0.05) is 30.1 Å². The van der Waals surface area contributed by atoms with Crippen molar-refractivity contribution >= 4 is 57.6 Å². The third-order valence-electron chi connectivity index (χ3n) is 2.45. The number of carboxylic acid groups (broad SMARTS) is 1. The number of rotatable bonds is 4. The van der Waals surface area contributed by atoms with Gasteiger partial charge in [-0.2, -0.15) is 8.75 Å². The number of hydrogen-bond donors (Lipinski definition) is 2. The highest BCUT2D eigenvalue weighted by Crippen LogP contribution is 2.35. The minimum absolute atomic E-state index is 0.253. The lowest BCUT2D eigenvalue weighted by Gasteiger charge is -2.11. The van der Waals surface area contributed by atoms with Gasteiger partial charge in [-0.3, -0.25) is 4.79 Å². The van der Waals surface area contributed by atoms with Crippen molar-refractivity contribution in [1.82, 2.24) is 8.75 Å². The van der Waals surface area contributed by atoms with E-state index in [0.29, 0.717) is 26.8 Å². The molecular formula is C10H9Cl2N3O2S. The Labute approximate surface area is 117 Å². The number of anilines is 1. The number of carboxylic acids is 1. The maximum Gasteiger partial charge on any atom is 0.308 e. The topological polar surface area (TPSA) is 75.1 Å². The van der Waals surface area contributed by atoms with Crippen LogP contribution < -0.4 is 5.32 Å². The van der Waals surface area contributed by atoms with Crippen molar-refractivity contribution in [2.24, 2.45) is 5.92 Å². The van der Waals surface area contributed by atoms with Crippen LogP contribution in [-0.2, 0) is 4.79 Å². The van der Waals surface area contributed by atoms with Crippen LogP contribution in [0.15, 0.2) is 6.07 Å². The monoisotopic (exact) mass is 305 g/mol. The predicted octanol–water partition coefficient (Wildman–Crippen LogP) is 3.13. The SMILES string of the molecule is CC(CNc1c(Cl)cc(Cl)c2nsnc12)C(=O)O. The number of aliphatic carboxylic acids is 1. The lowest BCUT2D eigenvalue weighted by atomic mass is 10.2. The van der Waals surface area contributed by atoms with E-state index in [0.717, 1.165) is 11.7 Å². The molecule has 2 N–H and O–H groups in total. The van der Waals surface area contributed by atoms with Crippen LogP contribution in [0.25, 0.3) is 11.0 Å². The quantitative estimate of drug-likeness (QED) is 0.907. The van der Waals surface area contributed by atoms with E-state index in [1.807, 2.05) is 0 Å². The summed E-state index contributed by atoms with van der Waals surface area (Å²) in [6.45, 7) is 1.86. The fourth-order valence-corrected chi connectivity index (χ4v) is 2.56. The molecule has 1 aromatic heterocycles. The molecule has 0 aliphatic heterocycles. The smallest absolute Gasteiger partial charge is 0.308 e. The Morgan fingerprint density at radius 2 is 2.11 bits per heavy atom. The molecule has 8 heteroatoms. The minimum atomic E-state index is -0.875. The molecule has 0 saturated carbocycles. The molecule has 1 atom stereocenters. The van der Waals surface area contributed by atoms with Crippen LogP contribution in [0, 0.1) is 5.92 Å². The van der Waals surface area contributed by atoms with E-state index in [2.05, 4.69) is 14.1 Å². The Hall–Kier alpha value is -1.11. The summed E-state index contributed by atoms with van der Waals surface area (Å²) in [5.41, 5.74) is 1.70. The molecule has 2 rings (SSSR count). The van der Waals surface area contributed by atoms with Crippen LogP contribution >= 0.6 is 34.9 Å². The Morgan fingerprint density at radius 3 is 2.78 bits per heavy atom. The molecule has 1 aromatic carbocycles. The molecule has 1 heterocycles. The number of hydrogen-bond acceptors (Lipinski definition) is 5. The minimum Gasteiger partial charge on any atom is -0.481 e. The molecule has 0 radical (unpaired) electrons. The van der Waals surface area contributed by atoms with E-state index >= 15 is 0 Å². The zero-order valence-electron chi connectivity index (χ0n) is 9.28. The fraction of sp³-hybridized carbons (Fsp3) is 0.300. The van der Waals surface area contributed by atoms with Gasteiger partial charge in [0.25, 0.3) is 0 Å². The second-order valence-electron chi connectivity index (χ2n) is 3.80. The van der Waals surface area contributed by atoms with Crippen LogP contribution in [0.5, 0.6) is 0 Å². The summed E-state index contributed by atoms with van der Waals surface area (Å²) in [5, 5.41) is 12.6. The normalized spacial score (nSPS) is 12.6. The fourth-order valence-electron chi connectivity index (χ4n) is 1.38. The van der Waals surface area contributed by atoms with Crippen molar-refractivity contribution in [3.63, 3.8) is 0 Å². The summed E-state index contributed by atoms with van der Waals surface area (Å²) >= 11 is 13.1. The molecule has 18 heavy (non-hydrogen) atoms. The molecule has 5 nitrogen and oxygen atoms in total. The second kappa shape index (κ2) is 5.26. The van der Waals surface area contributed by atoms with E-state index in [1.165, 1.54) is 0 Å². The summed E-state index contributed by atoms with van der Waals surface area (Å²) in [4.78, 5) is 10.8. The molecule has 1 unspecified atom stereocenters. The van der Waals surface area contributed by atoms with Gasteiger partial charge >= 0.3 is 5.97 Å². The van der Waals surface area contributed by atoms with Gasteiger partial charge in [0, 0.05) is 6.54 Å². The largest absolute Gasteiger partial charge is 0.481 e. The van der Waals surface area contributed by atoms with Gasteiger partial charge in [0.2, 0.25) is 0 Å². The summed E-state index contributed by atoms with van der Waals surface area (Å²) in [6, 6.07) is 1.57. The first-order chi connectivity index (χ1) is 8.50. The van der Waals surface area contributed by atoms with Gasteiger partial charge in [-0.05, 0) is 6.07 Å². The number of nitrogens with one attached hydrogen (secondary N) is 1. The molecule has 0 saturated heterocycles. The second-order valence-corrected chi connectivity index (χ2v) is 5.14. The molecule has 0 aliphatic rings. The molecule has 2 aromatic rings. The van der Waals surface area contributed by atoms with E-state index in [4.69, 9.17) is 28.3 Å². The van der Waals surface area contributed by atoms with E-state index < -0.39 is 11.9 Å². The Morgan fingerprint density at radius 1 is 1.44 bits per heavy atom. The number of benzene rings is 1. The summed E-state index contributed by atoms with van der Waals surface area (Å²) in [6.07, 6.45) is 0. The highest BCUT2D eigenvalue weighted by molar-refractivity contribution is 7.00. The van der Waals surface area contributed by atoms with Crippen LogP contribution in [-0.4, -0.2) is 26.4 Å². The van der Waals surface area contributed by atoms with Crippen molar-refractivity contribution < 1.29 is 9.90 Å². The molecule has 0 bridgehead atoms. The Kier molecular flexibility index (Phi) is 3.89. The highest BCUT2D eigenvalue weighted by Gasteiger charge is 2.16. The molecule has 0 amide bonds. The molecule has 0 spiro atoms. The first kappa shape index (κ1) is 13.3. The Bertz CT molecular complexity index is 602. The summed E-state index contributed by atoms with van der Waals surface area (Å²) < 4.78 is 8.18. The van der Waals surface area contributed by atoms with Crippen molar-refractivity contribution in [3.05, 3.63) is 16.1 Å². The standard InChI is InChI=1S/C10H9Cl2N3O2S/c1-4(10(16)17)3-13-7-5(11)2-6(12)8-9(7)15-18-14-8/h2,4,13H,3H2,1H3,(H,16,17). The van der Waals surface area contributed by atoms with Gasteiger partial charge in [0.1, 0.15) is 11.0 Å². The lowest BCUT2D eigenvalue weighted by Crippen LogP contribution is -2.19. The number of aromatic nitrogens is 2. The Balaban J connectivity index is 2.33. The first-order valence-corrected chi connectivity index (χ1v) is 6.56. The van der Waals surface area contributed by atoms with Crippen molar-refractivity contribution in [3.8, 4) is 0 Å². The third kappa shape index (κ3) is 2.50. The van der Waals surface area contributed by atoms with Gasteiger partial charge in [0.15, 0.2) is 0 Å². The van der Waals surface area contributed by atoms with E-state index in [1.54, 1.807) is 13.0 Å². The first-order valence-electron chi connectivity index (χ1n) is 5.07. The third-order valence-corrected chi connectivity index (χ3v) is 3.57.